The molecule has 0 amide bonds. The molecule has 0 saturated carbocycles. The van der Waals surface area contributed by atoms with Crippen LogP contribution in [0, 0.1) is 0 Å². The number of aromatic amines is 1. The molecule has 3 aromatic rings. The number of H-pyrrole nitrogens is 1. The van der Waals surface area contributed by atoms with E-state index in [0.29, 0.717) is 12.5 Å². The van der Waals surface area contributed by atoms with Crippen molar-refractivity contribution in [2.75, 3.05) is 19.6 Å². The molecule has 2 aromatic heterocycles. The zero-order valence-electron chi connectivity index (χ0n) is 15.9. The fourth-order valence-corrected chi connectivity index (χ4v) is 3.55. The molecular formula is C21H26N6O. The topological polar surface area (TPSA) is 82.3 Å². The zero-order valence-corrected chi connectivity index (χ0v) is 15.9. The normalized spacial score (nSPS) is 15.7. The maximum Gasteiger partial charge on any atom is 0.194 e. The predicted molar refractivity (Wildman–Crippen MR) is 108 cm³/mol. The second-order valence-electron chi connectivity index (χ2n) is 7.01. The van der Waals surface area contributed by atoms with Crippen molar-refractivity contribution >= 4 is 5.96 Å². The molecule has 28 heavy (non-hydrogen) atoms. The number of aromatic nitrogens is 3. The van der Waals surface area contributed by atoms with Gasteiger partial charge in [0, 0.05) is 32.0 Å². The van der Waals surface area contributed by atoms with Crippen LogP contribution in [0.4, 0.5) is 0 Å². The highest BCUT2D eigenvalue weighted by molar-refractivity contribution is 5.80. The van der Waals surface area contributed by atoms with Crippen LogP contribution in [0.1, 0.15) is 35.9 Å². The SMILES string of the molecule is c1ccc(CN=C(NCCc2ccco2)N2CCC(c3ncn[nH]3)CC2)cc1. The van der Waals surface area contributed by atoms with Gasteiger partial charge in [-0.05, 0) is 30.5 Å². The summed E-state index contributed by atoms with van der Waals surface area (Å²) in [5, 5.41) is 10.5. The Balaban J connectivity index is 1.38. The Bertz CT molecular complexity index is 836. The number of piperidine rings is 1. The second kappa shape index (κ2) is 9.21. The lowest BCUT2D eigenvalue weighted by atomic mass is 9.96. The summed E-state index contributed by atoms with van der Waals surface area (Å²) in [6.45, 7) is 3.37. The molecule has 3 heterocycles. The lowest BCUT2D eigenvalue weighted by Gasteiger charge is -2.33. The minimum atomic E-state index is 0.442. The highest BCUT2D eigenvalue weighted by atomic mass is 16.3. The number of rotatable bonds is 6. The largest absolute Gasteiger partial charge is 0.469 e. The van der Waals surface area contributed by atoms with Crippen LogP contribution in [-0.2, 0) is 13.0 Å². The second-order valence-corrected chi connectivity index (χ2v) is 7.01. The summed E-state index contributed by atoms with van der Waals surface area (Å²) in [5.41, 5.74) is 1.21. The maximum atomic E-state index is 5.44. The van der Waals surface area contributed by atoms with Gasteiger partial charge in [-0.15, -0.1) is 0 Å². The fraction of sp³-hybridized carbons (Fsp3) is 0.381. The summed E-state index contributed by atoms with van der Waals surface area (Å²) < 4.78 is 5.44. The molecule has 0 radical (unpaired) electrons. The first-order valence-corrected chi connectivity index (χ1v) is 9.83. The Hall–Kier alpha value is -3.09. The number of furan rings is 1. The van der Waals surface area contributed by atoms with Crippen molar-refractivity contribution in [3.05, 3.63) is 72.2 Å². The number of benzene rings is 1. The molecule has 4 rings (SSSR count). The maximum absolute atomic E-state index is 5.44. The van der Waals surface area contributed by atoms with Crippen LogP contribution >= 0.6 is 0 Å². The number of hydrogen-bond donors (Lipinski definition) is 2. The predicted octanol–water partition coefficient (Wildman–Crippen LogP) is 2.97. The van der Waals surface area contributed by atoms with Crippen molar-refractivity contribution in [2.45, 2.75) is 31.7 Å². The Labute approximate surface area is 164 Å². The molecule has 0 unspecified atom stereocenters. The van der Waals surface area contributed by atoms with Crippen LogP contribution in [0.15, 0.2) is 64.5 Å². The summed E-state index contributed by atoms with van der Waals surface area (Å²) in [6.07, 6.45) is 6.23. The molecule has 146 valence electrons. The Kier molecular flexibility index (Phi) is 6.01. The molecule has 7 heteroatoms. The first-order valence-electron chi connectivity index (χ1n) is 9.83. The summed E-state index contributed by atoms with van der Waals surface area (Å²) in [5.74, 6) is 3.39. The van der Waals surface area contributed by atoms with E-state index in [4.69, 9.17) is 9.41 Å². The summed E-state index contributed by atoms with van der Waals surface area (Å²) >= 11 is 0. The monoisotopic (exact) mass is 378 g/mol. The van der Waals surface area contributed by atoms with Gasteiger partial charge in [0.15, 0.2) is 5.96 Å². The van der Waals surface area contributed by atoms with Crippen molar-refractivity contribution in [3.8, 4) is 0 Å². The molecule has 1 saturated heterocycles. The van der Waals surface area contributed by atoms with Crippen LogP contribution < -0.4 is 5.32 Å². The van der Waals surface area contributed by atoms with Crippen molar-refractivity contribution in [1.82, 2.24) is 25.4 Å². The molecule has 1 aromatic carbocycles. The van der Waals surface area contributed by atoms with Gasteiger partial charge in [-0.1, -0.05) is 30.3 Å². The van der Waals surface area contributed by atoms with Crippen molar-refractivity contribution in [3.63, 3.8) is 0 Å². The zero-order chi connectivity index (χ0) is 19.0. The van der Waals surface area contributed by atoms with Crippen LogP contribution in [0.25, 0.3) is 0 Å². The molecule has 0 bridgehead atoms. The van der Waals surface area contributed by atoms with Gasteiger partial charge in [-0.25, -0.2) is 9.98 Å². The van der Waals surface area contributed by atoms with E-state index < -0.39 is 0 Å². The third-order valence-electron chi connectivity index (χ3n) is 5.10. The number of nitrogens with one attached hydrogen (secondary N) is 2. The molecule has 0 atom stereocenters. The van der Waals surface area contributed by atoms with Gasteiger partial charge < -0.3 is 14.6 Å². The number of guanidine groups is 1. The molecule has 0 aliphatic carbocycles. The molecule has 1 fully saturated rings. The minimum absolute atomic E-state index is 0.442. The Morgan fingerprint density at radius 1 is 1.18 bits per heavy atom. The van der Waals surface area contributed by atoms with E-state index in [0.717, 1.165) is 56.4 Å². The molecule has 1 aliphatic heterocycles. The quantitative estimate of drug-likeness (QED) is 0.509. The van der Waals surface area contributed by atoms with Crippen LogP contribution in [0.3, 0.4) is 0 Å². The van der Waals surface area contributed by atoms with Gasteiger partial charge in [-0.2, -0.15) is 5.10 Å². The lowest BCUT2D eigenvalue weighted by molar-refractivity contribution is 0.298. The van der Waals surface area contributed by atoms with Gasteiger partial charge in [0.25, 0.3) is 0 Å². The van der Waals surface area contributed by atoms with Gasteiger partial charge in [-0.3, -0.25) is 5.10 Å². The molecule has 1 aliphatic rings. The minimum Gasteiger partial charge on any atom is -0.469 e. The van der Waals surface area contributed by atoms with Crippen LogP contribution in [0.2, 0.25) is 0 Å². The molecule has 0 spiro atoms. The fourth-order valence-electron chi connectivity index (χ4n) is 3.55. The number of nitrogens with zero attached hydrogens (tertiary/aromatic N) is 4. The summed E-state index contributed by atoms with van der Waals surface area (Å²) in [4.78, 5) is 11.6. The van der Waals surface area contributed by atoms with Crippen molar-refractivity contribution in [1.29, 1.82) is 0 Å². The molecule has 7 nitrogen and oxygen atoms in total. The Morgan fingerprint density at radius 3 is 2.75 bits per heavy atom. The van der Waals surface area contributed by atoms with Gasteiger partial charge in [0.1, 0.15) is 17.9 Å². The van der Waals surface area contributed by atoms with E-state index in [1.165, 1.54) is 5.56 Å². The van der Waals surface area contributed by atoms with Crippen LogP contribution in [0.5, 0.6) is 0 Å². The molecular weight excluding hydrogens is 352 g/mol. The van der Waals surface area contributed by atoms with E-state index in [1.54, 1.807) is 12.6 Å². The first-order chi connectivity index (χ1) is 13.9. The number of aliphatic imine (C=N–C) groups is 1. The first kappa shape index (κ1) is 18.3. The third kappa shape index (κ3) is 4.79. The number of likely N-dealkylation sites (tertiary alicyclic amines) is 1. The van der Waals surface area contributed by atoms with E-state index in [-0.39, 0.29) is 0 Å². The van der Waals surface area contributed by atoms with Gasteiger partial charge in [0.05, 0.1) is 12.8 Å². The smallest absolute Gasteiger partial charge is 0.194 e. The van der Waals surface area contributed by atoms with E-state index >= 15 is 0 Å². The van der Waals surface area contributed by atoms with Gasteiger partial charge in [0.2, 0.25) is 0 Å². The highest BCUT2D eigenvalue weighted by Crippen LogP contribution is 2.25. The van der Waals surface area contributed by atoms with Gasteiger partial charge >= 0.3 is 0 Å². The third-order valence-corrected chi connectivity index (χ3v) is 5.10. The average molecular weight is 378 g/mol. The summed E-state index contributed by atoms with van der Waals surface area (Å²) in [6, 6.07) is 14.3. The van der Waals surface area contributed by atoms with E-state index in [2.05, 4.69) is 49.7 Å². The molecule has 2 N–H and O–H groups in total. The van der Waals surface area contributed by atoms with Crippen molar-refractivity contribution in [2.24, 2.45) is 4.99 Å². The Morgan fingerprint density at radius 2 is 2.04 bits per heavy atom. The highest BCUT2D eigenvalue weighted by Gasteiger charge is 2.24. The summed E-state index contributed by atoms with van der Waals surface area (Å²) in [7, 11) is 0. The van der Waals surface area contributed by atoms with Crippen LogP contribution in [-0.4, -0.2) is 45.7 Å². The van der Waals surface area contributed by atoms with E-state index in [9.17, 15) is 0 Å². The van der Waals surface area contributed by atoms with Crippen molar-refractivity contribution < 1.29 is 4.42 Å². The lowest BCUT2D eigenvalue weighted by Crippen LogP contribution is -2.46. The number of hydrogen-bond acceptors (Lipinski definition) is 4. The average Bonchev–Trinajstić information content (AvgIpc) is 3.46. The standard InChI is InChI=1S/C21H26N6O/c1-2-5-17(6-3-1)15-23-21(22-11-8-19-7-4-14-28-19)27-12-9-18(10-13-27)20-24-16-25-26-20/h1-7,14,16,18H,8-13,15H2,(H,22,23)(H,24,25,26). The van der Waals surface area contributed by atoms with E-state index in [1.807, 2.05) is 18.2 Å².